The lowest BCUT2D eigenvalue weighted by atomic mass is 9.96. The molecular weight excluding hydrogens is 602 g/mol. The van der Waals surface area contributed by atoms with Gasteiger partial charge in [-0.2, -0.15) is 0 Å². The monoisotopic (exact) mass is 625 g/mol. The van der Waals surface area contributed by atoms with Crippen molar-refractivity contribution >= 4 is 53.0 Å². The molecule has 1 saturated heterocycles. The maximum atomic E-state index is 13.4. The summed E-state index contributed by atoms with van der Waals surface area (Å²) in [6, 6.07) is 12.4. The molecule has 0 spiro atoms. The third-order valence-electron chi connectivity index (χ3n) is 6.65. The van der Waals surface area contributed by atoms with Gasteiger partial charge in [-0.1, -0.05) is 42.1 Å². The normalized spacial score (nSPS) is 18.3. The summed E-state index contributed by atoms with van der Waals surface area (Å²) < 4.78 is 6.97. The van der Waals surface area contributed by atoms with Gasteiger partial charge < -0.3 is 15.2 Å². The van der Waals surface area contributed by atoms with Crippen LogP contribution >= 0.6 is 23.5 Å². The maximum Gasteiger partial charge on any atom is 0.355 e. The number of carboxylic acids is 1. The summed E-state index contributed by atoms with van der Waals surface area (Å²) in [5.74, 6) is -4.55. The van der Waals surface area contributed by atoms with E-state index in [1.165, 1.54) is 69.5 Å². The second-order valence-electron chi connectivity index (χ2n) is 9.40. The Kier molecular flexibility index (Phi) is 8.72. The lowest BCUT2D eigenvalue weighted by Crippen LogP contribution is -2.71. The Labute approximate surface area is 251 Å². The van der Waals surface area contributed by atoms with Crippen LogP contribution in [0.4, 0.5) is 5.69 Å². The van der Waals surface area contributed by atoms with Crippen molar-refractivity contribution in [2.45, 2.75) is 29.1 Å². The zero-order chi connectivity index (χ0) is 30.7. The first-order chi connectivity index (χ1) is 20.7. The number of thioether (sulfide) groups is 2. The molecule has 2 N–H and O–H groups in total. The number of β-lactam (4-membered cyclic amide) rings is 1. The van der Waals surface area contributed by atoms with Crippen molar-refractivity contribution in [2.24, 2.45) is 7.05 Å². The van der Waals surface area contributed by atoms with Crippen molar-refractivity contribution in [3.8, 4) is 0 Å². The van der Waals surface area contributed by atoms with E-state index in [-0.39, 0.29) is 29.3 Å². The van der Waals surface area contributed by atoms with Gasteiger partial charge in [0.25, 0.3) is 11.6 Å². The molecule has 3 heterocycles. The lowest BCUT2D eigenvalue weighted by molar-refractivity contribution is -0.384. The number of carboxylic acid groups (broad SMARTS) is 1. The Bertz CT molecular complexity index is 1610. The van der Waals surface area contributed by atoms with E-state index in [0.29, 0.717) is 22.0 Å². The number of hydrogen-bond donors (Lipinski definition) is 2. The maximum absolute atomic E-state index is 13.4. The van der Waals surface area contributed by atoms with E-state index in [0.717, 1.165) is 0 Å². The Morgan fingerprint density at radius 3 is 2.56 bits per heavy atom. The molecular formula is C26H23N7O8S2. The standard InChI is InChI=1S/C26H23N7O8S2/c1-31-26(28-29-30-31)43-13-16-12-42-23-19(27-21(34)18(24(36)37)15-5-3-2-4-6-15)22(35)32(23)20(16)25(38)41-11-14-7-9-17(10-8-14)33(39)40/h2-10,18-19,23H,11-13H2,1H3,(H,27,34)(H,36,37)/t18?,19?,23-/m1/s1. The number of aliphatic carboxylic acids is 1. The van der Waals surface area contributed by atoms with Crippen LogP contribution in [0.1, 0.15) is 17.0 Å². The number of benzene rings is 2. The first kappa shape index (κ1) is 29.7. The summed E-state index contributed by atoms with van der Waals surface area (Å²) in [5, 5.41) is 34.3. The first-order valence-corrected chi connectivity index (χ1v) is 14.7. The third-order valence-corrected chi connectivity index (χ3v) is 9.09. The van der Waals surface area contributed by atoms with Crippen molar-refractivity contribution in [1.82, 2.24) is 30.4 Å². The fourth-order valence-electron chi connectivity index (χ4n) is 4.50. The van der Waals surface area contributed by atoms with Crippen LogP contribution in [0.3, 0.4) is 0 Å². The van der Waals surface area contributed by atoms with Gasteiger partial charge in [-0.25, -0.2) is 9.48 Å². The summed E-state index contributed by atoms with van der Waals surface area (Å²) in [6.07, 6.45) is 0. The number of aromatic nitrogens is 4. The average Bonchev–Trinajstić information content (AvgIpc) is 3.41. The highest BCUT2D eigenvalue weighted by atomic mass is 32.2. The molecule has 1 fully saturated rings. The number of nitrogens with zero attached hydrogens (tertiary/aromatic N) is 6. The van der Waals surface area contributed by atoms with Crippen molar-refractivity contribution < 1.29 is 33.9 Å². The van der Waals surface area contributed by atoms with Crippen molar-refractivity contribution in [3.63, 3.8) is 0 Å². The number of ether oxygens (including phenoxy) is 1. The van der Waals surface area contributed by atoms with Crippen LogP contribution in [0.25, 0.3) is 0 Å². The fraction of sp³-hybridized carbons (Fsp3) is 0.269. The number of nitro benzene ring substituents is 1. The average molecular weight is 626 g/mol. The van der Waals surface area contributed by atoms with Gasteiger partial charge in [0.15, 0.2) is 5.92 Å². The second-order valence-corrected chi connectivity index (χ2v) is 11.5. The second kappa shape index (κ2) is 12.6. The van der Waals surface area contributed by atoms with Gasteiger partial charge in [0.2, 0.25) is 11.1 Å². The van der Waals surface area contributed by atoms with Crippen molar-refractivity contribution in [2.75, 3.05) is 11.5 Å². The number of amides is 2. The number of esters is 1. The van der Waals surface area contributed by atoms with Gasteiger partial charge >= 0.3 is 11.9 Å². The van der Waals surface area contributed by atoms with Crippen LogP contribution < -0.4 is 5.32 Å². The van der Waals surface area contributed by atoms with Gasteiger partial charge in [0, 0.05) is 30.7 Å². The molecule has 0 aliphatic carbocycles. The molecule has 222 valence electrons. The summed E-state index contributed by atoms with van der Waals surface area (Å²) in [4.78, 5) is 63.4. The smallest absolute Gasteiger partial charge is 0.355 e. The molecule has 2 aliphatic rings. The highest BCUT2D eigenvalue weighted by Crippen LogP contribution is 2.42. The number of non-ortho nitro benzene ring substituents is 1. The SMILES string of the molecule is Cn1nnnc1SCC1=C(C(=O)OCc2ccc([N+](=O)[O-])cc2)N2C(=O)C(NC(=O)C(C(=O)O)c3ccccc3)[C@H]2SC1. The van der Waals surface area contributed by atoms with Crippen LogP contribution in [0.2, 0.25) is 0 Å². The van der Waals surface area contributed by atoms with Gasteiger partial charge in [-0.15, -0.1) is 16.9 Å². The molecule has 17 heteroatoms. The van der Waals surface area contributed by atoms with Crippen LogP contribution in [-0.2, 0) is 37.6 Å². The molecule has 2 aliphatic heterocycles. The van der Waals surface area contributed by atoms with Gasteiger partial charge in [-0.3, -0.25) is 29.4 Å². The summed E-state index contributed by atoms with van der Waals surface area (Å²) >= 11 is 2.57. The minimum Gasteiger partial charge on any atom is -0.480 e. The van der Waals surface area contributed by atoms with Gasteiger partial charge in [0.05, 0.1) is 4.92 Å². The molecule has 0 saturated carbocycles. The predicted octanol–water partition coefficient (Wildman–Crippen LogP) is 1.48. The fourth-order valence-corrected chi connectivity index (χ4v) is 6.83. The van der Waals surface area contributed by atoms with Crippen LogP contribution in [0.15, 0.2) is 71.0 Å². The summed E-state index contributed by atoms with van der Waals surface area (Å²) in [6.45, 7) is -0.203. The highest BCUT2D eigenvalue weighted by Gasteiger charge is 2.55. The van der Waals surface area contributed by atoms with E-state index in [1.54, 1.807) is 25.2 Å². The van der Waals surface area contributed by atoms with Crippen LogP contribution in [0, 0.1) is 10.1 Å². The Morgan fingerprint density at radius 1 is 1.21 bits per heavy atom. The number of tetrazole rings is 1. The number of fused-ring (bicyclic) bond motifs is 1. The number of hydrogen-bond acceptors (Lipinski definition) is 12. The molecule has 2 aromatic carbocycles. The lowest BCUT2D eigenvalue weighted by Gasteiger charge is -2.49. The minimum atomic E-state index is -1.52. The number of carbonyl (C=O) groups is 4. The number of carbonyl (C=O) groups excluding carboxylic acids is 3. The van der Waals surface area contributed by atoms with E-state index in [9.17, 15) is 34.4 Å². The summed E-state index contributed by atoms with van der Waals surface area (Å²) in [5.41, 5.74) is 1.25. The van der Waals surface area contributed by atoms with E-state index in [1.807, 2.05) is 0 Å². The van der Waals surface area contributed by atoms with Crippen LogP contribution in [0.5, 0.6) is 0 Å². The molecule has 0 radical (unpaired) electrons. The molecule has 43 heavy (non-hydrogen) atoms. The molecule has 2 unspecified atom stereocenters. The van der Waals surface area contributed by atoms with Crippen molar-refractivity contribution in [3.05, 3.63) is 87.1 Å². The van der Waals surface area contributed by atoms with Gasteiger partial charge in [0.1, 0.15) is 23.7 Å². The van der Waals surface area contributed by atoms with E-state index >= 15 is 0 Å². The molecule has 5 rings (SSSR count). The quantitative estimate of drug-likeness (QED) is 0.0776. The first-order valence-electron chi connectivity index (χ1n) is 12.7. The Hall–Kier alpha value is -4.77. The number of rotatable bonds is 11. The molecule has 3 aromatic rings. The third kappa shape index (κ3) is 6.21. The minimum absolute atomic E-state index is 0.0154. The molecule has 3 atom stereocenters. The van der Waals surface area contributed by atoms with E-state index in [2.05, 4.69) is 20.8 Å². The molecule has 1 aromatic heterocycles. The number of nitrogens with one attached hydrogen (secondary N) is 1. The topological polar surface area (TPSA) is 200 Å². The van der Waals surface area contributed by atoms with Gasteiger partial charge in [-0.05, 0) is 39.3 Å². The molecule has 0 bridgehead atoms. The zero-order valence-corrected chi connectivity index (χ0v) is 24.0. The molecule has 2 amide bonds. The molecule has 15 nitrogen and oxygen atoms in total. The largest absolute Gasteiger partial charge is 0.480 e. The van der Waals surface area contributed by atoms with Crippen molar-refractivity contribution in [1.29, 1.82) is 0 Å². The summed E-state index contributed by atoms with van der Waals surface area (Å²) in [7, 11) is 1.66. The Morgan fingerprint density at radius 2 is 1.93 bits per heavy atom. The number of nitro groups is 1. The van der Waals surface area contributed by atoms with E-state index in [4.69, 9.17) is 4.74 Å². The zero-order valence-electron chi connectivity index (χ0n) is 22.4. The number of aryl methyl sites for hydroxylation is 1. The van der Waals surface area contributed by atoms with Crippen LogP contribution in [-0.4, -0.2) is 81.8 Å². The predicted molar refractivity (Wildman–Crippen MR) is 151 cm³/mol. The van der Waals surface area contributed by atoms with E-state index < -0.39 is 46.0 Å². The Balaban J connectivity index is 1.35. The highest BCUT2D eigenvalue weighted by molar-refractivity contribution is 8.01.